The van der Waals surface area contributed by atoms with Gasteiger partial charge in [-0.1, -0.05) is 19.1 Å². The Morgan fingerprint density at radius 1 is 1.22 bits per heavy atom. The van der Waals surface area contributed by atoms with E-state index in [2.05, 4.69) is 17.2 Å². The van der Waals surface area contributed by atoms with Crippen molar-refractivity contribution >= 4 is 27.1 Å². The van der Waals surface area contributed by atoms with Gasteiger partial charge in [0.1, 0.15) is 0 Å². The van der Waals surface area contributed by atoms with E-state index in [0.29, 0.717) is 18.5 Å². The van der Waals surface area contributed by atoms with Crippen molar-refractivity contribution in [2.24, 2.45) is 0 Å². The smallest absolute Gasteiger partial charge is 0.257 e. The number of rotatable bonds is 6. The highest BCUT2D eigenvalue weighted by atomic mass is 32.2. The van der Waals surface area contributed by atoms with Crippen LogP contribution in [-0.2, 0) is 16.3 Å². The number of carbonyl (C=O) groups excluding carboxylic acids is 1. The van der Waals surface area contributed by atoms with Crippen molar-refractivity contribution in [1.29, 1.82) is 0 Å². The van der Waals surface area contributed by atoms with Gasteiger partial charge in [-0.05, 0) is 43.5 Å². The first kappa shape index (κ1) is 19.4. The summed E-state index contributed by atoms with van der Waals surface area (Å²) in [7, 11) is -2.97. The van der Waals surface area contributed by atoms with Crippen LogP contribution in [0, 0.1) is 0 Å². The lowest BCUT2D eigenvalue weighted by Crippen LogP contribution is -2.36. The third-order valence-electron chi connectivity index (χ3n) is 4.93. The lowest BCUT2D eigenvalue weighted by Gasteiger charge is -2.29. The van der Waals surface area contributed by atoms with E-state index in [4.69, 9.17) is 0 Å². The van der Waals surface area contributed by atoms with Crippen molar-refractivity contribution in [2.75, 3.05) is 28.3 Å². The van der Waals surface area contributed by atoms with Crippen LogP contribution in [0.15, 0.2) is 42.7 Å². The second-order valence-corrected chi connectivity index (χ2v) is 9.01. The van der Waals surface area contributed by atoms with Crippen LogP contribution in [0.1, 0.15) is 36.2 Å². The molecule has 1 aromatic heterocycles. The van der Waals surface area contributed by atoms with Crippen LogP contribution in [0.25, 0.3) is 0 Å². The van der Waals surface area contributed by atoms with Gasteiger partial charge in [0, 0.05) is 24.5 Å². The minimum Gasteiger partial charge on any atom is -0.367 e. The van der Waals surface area contributed by atoms with E-state index in [0.717, 1.165) is 17.8 Å². The monoisotopic (exact) mass is 387 g/mol. The SMILES string of the molecule is CCc1ccc(NC(=O)c2cncc(N(CC)C3CCS(=O)(=O)C3)c2)cc1. The third-order valence-corrected chi connectivity index (χ3v) is 6.68. The van der Waals surface area contributed by atoms with Gasteiger partial charge in [-0.15, -0.1) is 0 Å². The number of aryl methyl sites for hydroxylation is 1. The number of sulfone groups is 1. The second-order valence-electron chi connectivity index (χ2n) is 6.78. The van der Waals surface area contributed by atoms with E-state index in [1.807, 2.05) is 36.1 Å². The standard InChI is InChI=1S/C20H25N3O3S/c1-3-15-5-7-17(8-6-15)22-20(24)16-11-19(13-21-12-16)23(4-2)18-9-10-27(25,26)14-18/h5-8,11-13,18H,3-4,9-10,14H2,1-2H3,(H,22,24). The third kappa shape index (κ3) is 4.66. The number of aromatic nitrogens is 1. The van der Waals surface area contributed by atoms with Crippen LogP contribution >= 0.6 is 0 Å². The quantitative estimate of drug-likeness (QED) is 0.824. The Morgan fingerprint density at radius 2 is 1.96 bits per heavy atom. The molecule has 3 rings (SSSR count). The van der Waals surface area contributed by atoms with Crippen molar-refractivity contribution in [1.82, 2.24) is 4.98 Å². The van der Waals surface area contributed by atoms with Gasteiger partial charge in [0.15, 0.2) is 9.84 Å². The number of nitrogens with one attached hydrogen (secondary N) is 1. The van der Waals surface area contributed by atoms with E-state index in [9.17, 15) is 13.2 Å². The molecule has 1 saturated heterocycles. The first-order chi connectivity index (χ1) is 12.9. The Kier molecular flexibility index (Phi) is 5.79. The molecule has 0 saturated carbocycles. The first-order valence-corrected chi connectivity index (χ1v) is 11.1. The fourth-order valence-corrected chi connectivity index (χ4v) is 5.14. The summed E-state index contributed by atoms with van der Waals surface area (Å²) in [5, 5.41) is 2.88. The summed E-state index contributed by atoms with van der Waals surface area (Å²) in [6.07, 6.45) is 4.76. The predicted octanol–water partition coefficient (Wildman–Crippen LogP) is 2.91. The summed E-state index contributed by atoms with van der Waals surface area (Å²) < 4.78 is 23.6. The summed E-state index contributed by atoms with van der Waals surface area (Å²) in [6.45, 7) is 4.72. The normalized spacial score (nSPS) is 18.2. The molecule has 0 aliphatic carbocycles. The molecule has 1 aliphatic rings. The van der Waals surface area contributed by atoms with Crippen LogP contribution in [-0.4, -0.2) is 43.4 Å². The number of amides is 1. The largest absolute Gasteiger partial charge is 0.367 e. The van der Waals surface area contributed by atoms with Gasteiger partial charge in [-0.2, -0.15) is 0 Å². The van der Waals surface area contributed by atoms with E-state index < -0.39 is 9.84 Å². The average Bonchev–Trinajstić information content (AvgIpc) is 3.02. The Bertz CT molecular complexity index is 910. The number of benzene rings is 1. The molecule has 1 N–H and O–H groups in total. The Labute approximate surface area is 160 Å². The molecule has 0 bridgehead atoms. The molecule has 1 atom stereocenters. The number of pyridine rings is 1. The lowest BCUT2D eigenvalue weighted by atomic mass is 10.1. The number of anilines is 2. The van der Waals surface area contributed by atoms with Crippen molar-refractivity contribution in [3.8, 4) is 0 Å². The number of nitrogens with zero attached hydrogens (tertiary/aromatic N) is 2. The molecule has 6 nitrogen and oxygen atoms in total. The highest BCUT2D eigenvalue weighted by molar-refractivity contribution is 7.91. The van der Waals surface area contributed by atoms with Gasteiger partial charge >= 0.3 is 0 Å². The van der Waals surface area contributed by atoms with E-state index in [1.54, 1.807) is 12.3 Å². The Morgan fingerprint density at radius 3 is 2.56 bits per heavy atom. The van der Waals surface area contributed by atoms with E-state index in [-0.39, 0.29) is 23.5 Å². The zero-order valence-corrected chi connectivity index (χ0v) is 16.5. The fraction of sp³-hybridized carbons (Fsp3) is 0.400. The Hall–Kier alpha value is -2.41. The molecule has 1 fully saturated rings. The molecule has 27 heavy (non-hydrogen) atoms. The maximum atomic E-state index is 12.6. The van der Waals surface area contributed by atoms with E-state index >= 15 is 0 Å². The molecule has 2 aromatic rings. The fourth-order valence-electron chi connectivity index (χ4n) is 3.41. The number of carbonyl (C=O) groups is 1. The van der Waals surface area contributed by atoms with Crippen molar-refractivity contribution in [2.45, 2.75) is 32.7 Å². The number of hydrogen-bond donors (Lipinski definition) is 1. The summed E-state index contributed by atoms with van der Waals surface area (Å²) in [6, 6.07) is 9.46. The molecular formula is C20H25N3O3S. The van der Waals surface area contributed by atoms with Crippen LogP contribution in [0.5, 0.6) is 0 Å². The van der Waals surface area contributed by atoms with Gasteiger partial charge in [0.25, 0.3) is 5.91 Å². The summed E-state index contributed by atoms with van der Waals surface area (Å²) in [5.41, 5.74) is 3.17. The zero-order valence-electron chi connectivity index (χ0n) is 15.7. The van der Waals surface area contributed by atoms with Crippen LogP contribution in [0.3, 0.4) is 0 Å². The summed E-state index contributed by atoms with van der Waals surface area (Å²) in [5.74, 6) is 0.139. The van der Waals surface area contributed by atoms with E-state index in [1.165, 1.54) is 11.8 Å². The van der Waals surface area contributed by atoms with Gasteiger partial charge in [0.05, 0.1) is 29.0 Å². The van der Waals surface area contributed by atoms with Crippen molar-refractivity contribution < 1.29 is 13.2 Å². The van der Waals surface area contributed by atoms with Gasteiger partial charge in [0.2, 0.25) is 0 Å². The molecule has 2 heterocycles. The van der Waals surface area contributed by atoms with Crippen LogP contribution in [0.2, 0.25) is 0 Å². The molecule has 1 aliphatic heterocycles. The van der Waals surface area contributed by atoms with Crippen molar-refractivity contribution in [3.05, 3.63) is 53.9 Å². The predicted molar refractivity (Wildman–Crippen MR) is 108 cm³/mol. The molecule has 0 radical (unpaired) electrons. The minimum absolute atomic E-state index is 0.0679. The van der Waals surface area contributed by atoms with Crippen molar-refractivity contribution in [3.63, 3.8) is 0 Å². The highest BCUT2D eigenvalue weighted by Crippen LogP contribution is 2.24. The molecule has 0 spiro atoms. The number of hydrogen-bond acceptors (Lipinski definition) is 5. The summed E-state index contributed by atoms with van der Waals surface area (Å²) >= 11 is 0. The average molecular weight is 388 g/mol. The van der Waals surface area contributed by atoms with Gasteiger partial charge in [-0.3, -0.25) is 9.78 Å². The maximum Gasteiger partial charge on any atom is 0.257 e. The first-order valence-electron chi connectivity index (χ1n) is 9.24. The highest BCUT2D eigenvalue weighted by Gasteiger charge is 2.32. The topological polar surface area (TPSA) is 79.4 Å². The maximum absolute atomic E-state index is 12.6. The molecule has 1 aromatic carbocycles. The molecule has 7 heteroatoms. The molecular weight excluding hydrogens is 362 g/mol. The molecule has 144 valence electrons. The lowest BCUT2D eigenvalue weighted by molar-refractivity contribution is 0.102. The second kappa shape index (κ2) is 8.08. The van der Waals surface area contributed by atoms with Crippen LogP contribution < -0.4 is 10.2 Å². The molecule has 1 amide bonds. The Balaban J connectivity index is 1.76. The molecule has 1 unspecified atom stereocenters. The summed E-state index contributed by atoms with van der Waals surface area (Å²) in [4.78, 5) is 18.8. The minimum atomic E-state index is -2.97. The van der Waals surface area contributed by atoms with Gasteiger partial charge in [-0.25, -0.2) is 8.42 Å². The van der Waals surface area contributed by atoms with Crippen LogP contribution in [0.4, 0.5) is 11.4 Å². The zero-order chi connectivity index (χ0) is 19.4. The van der Waals surface area contributed by atoms with Gasteiger partial charge < -0.3 is 10.2 Å².